The summed E-state index contributed by atoms with van der Waals surface area (Å²) in [6.45, 7) is 1.43. The van der Waals surface area contributed by atoms with Crippen molar-refractivity contribution in [2.75, 3.05) is 0 Å². The van der Waals surface area contributed by atoms with Gasteiger partial charge in [-0.2, -0.15) is 0 Å². The zero-order valence-corrected chi connectivity index (χ0v) is 15.0. The normalized spacial score (nSPS) is 11.5. The van der Waals surface area contributed by atoms with Crippen LogP contribution in [0.5, 0.6) is 0 Å². The van der Waals surface area contributed by atoms with Crippen molar-refractivity contribution in [3.05, 3.63) is 59.1 Å². The van der Waals surface area contributed by atoms with Crippen molar-refractivity contribution in [1.29, 1.82) is 0 Å². The number of carbonyl (C=O) groups is 3. The van der Waals surface area contributed by atoms with E-state index in [1.54, 1.807) is 5.43 Å². The van der Waals surface area contributed by atoms with Crippen LogP contribution in [-0.4, -0.2) is 23.6 Å². The summed E-state index contributed by atoms with van der Waals surface area (Å²) in [6, 6.07) is 14.8. The molecule has 0 unspecified atom stereocenters. The molecule has 0 spiro atoms. The molecule has 136 valence electrons. The van der Waals surface area contributed by atoms with Crippen LogP contribution in [0.1, 0.15) is 18.9 Å². The van der Waals surface area contributed by atoms with Crippen LogP contribution in [0.2, 0.25) is 5.02 Å². The Bertz CT molecular complexity index is 806. The summed E-state index contributed by atoms with van der Waals surface area (Å²) in [5.74, 6) is 3.05. The SMILES string of the molecule is CC(=O)C[C@@H](Cc1ccc(-c2cccc(Cl)c2)cc1)NC(=O)C(=O)NN. The molecule has 7 heteroatoms. The van der Waals surface area contributed by atoms with Crippen molar-refractivity contribution in [2.45, 2.75) is 25.8 Å². The molecule has 2 amide bonds. The van der Waals surface area contributed by atoms with Gasteiger partial charge in [0.15, 0.2) is 0 Å². The highest BCUT2D eigenvalue weighted by molar-refractivity contribution is 6.35. The molecule has 2 rings (SSSR count). The van der Waals surface area contributed by atoms with E-state index in [-0.39, 0.29) is 12.2 Å². The lowest BCUT2D eigenvalue weighted by Crippen LogP contribution is -2.47. The number of Topliss-reactive ketones (excluding diaryl/α,β-unsaturated/α-hetero) is 1. The lowest BCUT2D eigenvalue weighted by molar-refractivity contribution is -0.139. The summed E-state index contributed by atoms with van der Waals surface area (Å²) < 4.78 is 0. The van der Waals surface area contributed by atoms with Gasteiger partial charge in [-0.25, -0.2) is 5.84 Å². The van der Waals surface area contributed by atoms with E-state index in [9.17, 15) is 14.4 Å². The van der Waals surface area contributed by atoms with Gasteiger partial charge in [-0.3, -0.25) is 19.8 Å². The molecule has 0 saturated heterocycles. The lowest BCUT2D eigenvalue weighted by atomic mass is 9.98. The van der Waals surface area contributed by atoms with E-state index in [0.717, 1.165) is 16.7 Å². The average molecular weight is 374 g/mol. The Morgan fingerprint density at radius 3 is 2.31 bits per heavy atom. The minimum atomic E-state index is -0.949. The average Bonchev–Trinajstić information content (AvgIpc) is 2.61. The first-order valence-corrected chi connectivity index (χ1v) is 8.42. The van der Waals surface area contributed by atoms with Gasteiger partial charge in [-0.05, 0) is 42.2 Å². The van der Waals surface area contributed by atoms with Gasteiger partial charge in [0, 0.05) is 17.5 Å². The van der Waals surface area contributed by atoms with E-state index in [1.165, 1.54) is 6.92 Å². The van der Waals surface area contributed by atoms with Gasteiger partial charge in [0.1, 0.15) is 5.78 Å². The molecule has 2 aromatic rings. The van der Waals surface area contributed by atoms with E-state index in [1.807, 2.05) is 48.5 Å². The second-order valence-electron chi connectivity index (χ2n) is 5.96. The van der Waals surface area contributed by atoms with Crippen molar-refractivity contribution in [1.82, 2.24) is 10.7 Å². The molecule has 4 N–H and O–H groups in total. The van der Waals surface area contributed by atoms with Crippen molar-refractivity contribution >= 4 is 29.2 Å². The number of ketones is 1. The number of nitrogens with one attached hydrogen (secondary N) is 2. The van der Waals surface area contributed by atoms with Crippen molar-refractivity contribution < 1.29 is 14.4 Å². The molecule has 0 heterocycles. The molecule has 0 aliphatic rings. The van der Waals surface area contributed by atoms with Crippen molar-refractivity contribution in [3.63, 3.8) is 0 Å². The molecular weight excluding hydrogens is 354 g/mol. The molecule has 0 bridgehead atoms. The van der Waals surface area contributed by atoms with Crippen LogP contribution in [0, 0.1) is 0 Å². The first-order valence-electron chi connectivity index (χ1n) is 8.05. The maximum absolute atomic E-state index is 11.7. The predicted molar refractivity (Wildman–Crippen MR) is 100 cm³/mol. The van der Waals surface area contributed by atoms with Crippen LogP contribution < -0.4 is 16.6 Å². The van der Waals surface area contributed by atoms with Crippen LogP contribution in [0.3, 0.4) is 0 Å². The topological polar surface area (TPSA) is 101 Å². The molecule has 26 heavy (non-hydrogen) atoms. The van der Waals surface area contributed by atoms with Gasteiger partial charge in [-0.15, -0.1) is 0 Å². The summed E-state index contributed by atoms with van der Waals surface area (Å²) in [5, 5.41) is 3.19. The van der Waals surface area contributed by atoms with E-state index < -0.39 is 17.9 Å². The lowest BCUT2D eigenvalue weighted by Gasteiger charge is -2.17. The second-order valence-corrected chi connectivity index (χ2v) is 6.40. The maximum atomic E-state index is 11.7. The first-order chi connectivity index (χ1) is 12.4. The van der Waals surface area contributed by atoms with Gasteiger partial charge >= 0.3 is 11.8 Å². The molecule has 0 aliphatic heterocycles. The largest absolute Gasteiger partial charge is 0.344 e. The summed E-state index contributed by atoms with van der Waals surface area (Å²) >= 11 is 6.02. The monoisotopic (exact) mass is 373 g/mol. The number of rotatable bonds is 6. The number of amides is 2. The molecule has 0 saturated carbocycles. The minimum absolute atomic E-state index is 0.0843. The summed E-state index contributed by atoms with van der Waals surface area (Å²) in [7, 11) is 0. The predicted octanol–water partition coefficient (Wildman–Crippen LogP) is 2.00. The summed E-state index contributed by atoms with van der Waals surface area (Å²) in [6.07, 6.45) is 0.540. The molecule has 0 radical (unpaired) electrons. The zero-order chi connectivity index (χ0) is 19.1. The second kappa shape index (κ2) is 9.12. The zero-order valence-electron chi connectivity index (χ0n) is 14.3. The molecule has 6 nitrogen and oxygen atoms in total. The number of hydrogen-bond donors (Lipinski definition) is 3. The van der Waals surface area contributed by atoms with Crippen LogP contribution >= 0.6 is 11.6 Å². The molecular formula is C19H20ClN3O3. The molecule has 2 aromatic carbocycles. The number of nitrogens with two attached hydrogens (primary N) is 1. The van der Waals surface area contributed by atoms with Crippen LogP contribution in [-0.2, 0) is 20.8 Å². The third kappa shape index (κ3) is 5.68. The van der Waals surface area contributed by atoms with Crippen molar-refractivity contribution in [3.8, 4) is 11.1 Å². The first kappa shape index (κ1) is 19.6. The highest BCUT2D eigenvalue weighted by Crippen LogP contribution is 2.23. The smallest absolute Gasteiger partial charge is 0.323 e. The van der Waals surface area contributed by atoms with Gasteiger partial charge < -0.3 is 5.32 Å². The highest BCUT2D eigenvalue weighted by atomic mass is 35.5. The summed E-state index contributed by atoms with van der Waals surface area (Å²) in [4.78, 5) is 34.4. The fourth-order valence-electron chi connectivity index (χ4n) is 2.62. The minimum Gasteiger partial charge on any atom is -0.344 e. The molecule has 0 aromatic heterocycles. The van der Waals surface area contributed by atoms with Gasteiger partial charge in [-0.1, -0.05) is 48.0 Å². The Balaban J connectivity index is 2.11. The number of carbonyl (C=O) groups excluding carboxylic acids is 3. The van der Waals surface area contributed by atoms with E-state index >= 15 is 0 Å². The molecule has 0 aliphatic carbocycles. The quantitative estimate of drug-likeness (QED) is 0.312. The standard InChI is InChI=1S/C19H20ClN3O3/c1-12(24)9-17(22-18(25)19(26)23-21)10-13-5-7-14(8-6-13)15-3-2-4-16(20)11-15/h2-8,11,17H,9-10,21H2,1H3,(H,22,25)(H,23,26)/t17-/m0/s1. The third-order valence-corrected chi connectivity index (χ3v) is 4.04. The number of hydrogen-bond acceptors (Lipinski definition) is 4. The third-order valence-electron chi connectivity index (χ3n) is 3.80. The number of halogens is 1. The Morgan fingerprint density at radius 1 is 1.04 bits per heavy atom. The molecule has 0 fully saturated rings. The van der Waals surface area contributed by atoms with E-state index in [4.69, 9.17) is 17.4 Å². The Kier molecular flexibility index (Phi) is 6.89. The van der Waals surface area contributed by atoms with Crippen molar-refractivity contribution in [2.24, 2.45) is 5.84 Å². The Labute approximate surface area is 156 Å². The van der Waals surface area contributed by atoms with E-state index in [2.05, 4.69) is 5.32 Å². The van der Waals surface area contributed by atoms with Gasteiger partial charge in [0.2, 0.25) is 0 Å². The van der Waals surface area contributed by atoms with Gasteiger partial charge in [0.25, 0.3) is 0 Å². The number of hydrazine groups is 1. The maximum Gasteiger partial charge on any atom is 0.323 e. The Morgan fingerprint density at radius 2 is 1.73 bits per heavy atom. The Hall–Kier alpha value is -2.70. The number of benzene rings is 2. The van der Waals surface area contributed by atoms with Gasteiger partial charge in [0.05, 0.1) is 0 Å². The van der Waals surface area contributed by atoms with E-state index in [0.29, 0.717) is 11.4 Å². The van der Waals surface area contributed by atoms with Crippen LogP contribution in [0.25, 0.3) is 11.1 Å². The fourth-order valence-corrected chi connectivity index (χ4v) is 2.81. The summed E-state index contributed by atoms with van der Waals surface area (Å²) in [5.41, 5.74) is 4.70. The van der Waals surface area contributed by atoms with Crippen LogP contribution in [0.15, 0.2) is 48.5 Å². The fraction of sp³-hybridized carbons (Fsp3) is 0.211. The highest BCUT2D eigenvalue weighted by Gasteiger charge is 2.19. The molecule has 1 atom stereocenters. The van der Waals surface area contributed by atoms with Crippen LogP contribution in [0.4, 0.5) is 0 Å².